The van der Waals surface area contributed by atoms with Crippen molar-refractivity contribution in [3.63, 3.8) is 0 Å². The van der Waals surface area contributed by atoms with Crippen molar-refractivity contribution in [2.45, 2.75) is 36.8 Å². The van der Waals surface area contributed by atoms with Gasteiger partial charge in [-0.05, 0) is 46.2 Å². The Kier molecular flexibility index (Phi) is 6.32. The monoisotopic (exact) mass is 444 g/mol. The third-order valence-electron chi connectivity index (χ3n) is 4.61. The zero-order valence-electron chi connectivity index (χ0n) is 18.2. The molecule has 7 nitrogen and oxygen atoms in total. The molecule has 8 heteroatoms. The molecule has 0 aliphatic heterocycles. The van der Waals surface area contributed by atoms with Crippen LogP contribution in [0.4, 0.5) is 5.69 Å². The lowest BCUT2D eigenvalue weighted by Gasteiger charge is -2.21. The third kappa shape index (κ3) is 5.39. The fraction of sp³-hybridized carbons (Fsp3) is 0.208. The number of H-pyrrole nitrogens is 1. The molecule has 4 aromatic rings. The van der Waals surface area contributed by atoms with E-state index in [0.29, 0.717) is 5.82 Å². The minimum absolute atomic E-state index is 0.00532. The van der Waals surface area contributed by atoms with Crippen molar-refractivity contribution in [2.24, 2.45) is 0 Å². The van der Waals surface area contributed by atoms with Gasteiger partial charge in [-0.15, -0.1) is 22.0 Å². The number of rotatable bonds is 6. The molecule has 0 fully saturated rings. The second-order valence-electron chi connectivity index (χ2n) is 8.29. The molecule has 0 radical (unpaired) electrons. The summed E-state index contributed by atoms with van der Waals surface area (Å²) in [4.78, 5) is 17.9. The minimum Gasteiger partial charge on any atom is -0.325 e. The fourth-order valence-corrected chi connectivity index (χ4v) is 4.32. The summed E-state index contributed by atoms with van der Waals surface area (Å²) in [6.45, 7) is 6.46. The van der Waals surface area contributed by atoms with Gasteiger partial charge >= 0.3 is 0 Å². The first-order chi connectivity index (χ1) is 15.4. The topological polar surface area (TPSA) is 96.5 Å². The van der Waals surface area contributed by atoms with Crippen LogP contribution in [0.2, 0.25) is 0 Å². The van der Waals surface area contributed by atoms with Crippen LogP contribution in [0.15, 0.2) is 71.9 Å². The van der Waals surface area contributed by atoms with Crippen LogP contribution in [0.25, 0.3) is 22.5 Å². The first-order valence-corrected chi connectivity index (χ1v) is 11.1. The molecule has 0 saturated heterocycles. The van der Waals surface area contributed by atoms with E-state index in [-0.39, 0.29) is 17.1 Å². The van der Waals surface area contributed by atoms with Crippen molar-refractivity contribution in [2.75, 3.05) is 5.32 Å². The molecule has 0 unspecified atom stereocenters. The Morgan fingerprint density at radius 3 is 2.47 bits per heavy atom. The van der Waals surface area contributed by atoms with Gasteiger partial charge < -0.3 is 5.32 Å². The van der Waals surface area contributed by atoms with Crippen LogP contribution in [0.5, 0.6) is 0 Å². The molecule has 2 heterocycles. The second kappa shape index (κ2) is 9.32. The summed E-state index contributed by atoms with van der Waals surface area (Å²) in [5.41, 5.74) is 4.49. The van der Waals surface area contributed by atoms with Crippen molar-refractivity contribution in [1.82, 2.24) is 25.6 Å². The normalized spacial score (nSPS) is 11.3. The van der Waals surface area contributed by atoms with E-state index in [4.69, 9.17) is 0 Å². The summed E-state index contributed by atoms with van der Waals surface area (Å²) in [6, 6.07) is 17.7. The quantitative estimate of drug-likeness (QED) is 0.406. The molecular formula is C24H24N6OS. The van der Waals surface area contributed by atoms with Crippen molar-refractivity contribution < 1.29 is 4.79 Å². The maximum absolute atomic E-state index is 12.8. The second-order valence-corrected chi connectivity index (χ2v) is 10.2. The van der Waals surface area contributed by atoms with Crippen molar-refractivity contribution >= 4 is 23.4 Å². The molecule has 0 aliphatic rings. The molecule has 2 aromatic heterocycles. The summed E-state index contributed by atoms with van der Waals surface area (Å²) < 4.78 is -0.00532. The number of tetrazole rings is 1. The van der Waals surface area contributed by atoms with E-state index < -0.39 is 0 Å². The van der Waals surface area contributed by atoms with Gasteiger partial charge in [-0.2, -0.15) is 5.21 Å². The average molecular weight is 445 g/mol. The number of carbonyl (C=O) groups excluding carboxylic acids is 1. The number of nitrogens with zero attached hydrogens (tertiary/aromatic N) is 4. The lowest BCUT2D eigenvalue weighted by atomic mass is 9.99. The molecule has 0 bridgehead atoms. The zero-order valence-corrected chi connectivity index (χ0v) is 19.0. The number of amides is 1. The number of hydrogen-bond donors (Lipinski definition) is 2. The van der Waals surface area contributed by atoms with Gasteiger partial charge in [0, 0.05) is 27.6 Å². The van der Waals surface area contributed by atoms with Crippen LogP contribution < -0.4 is 5.32 Å². The number of carbonyl (C=O) groups is 1. The Balaban J connectivity index is 1.70. The number of pyridine rings is 1. The number of anilines is 1. The van der Waals surface area contributed by atoms with Gasteiger partial charge in [0.25, 0.3) is 0 Å². The summed E-state index contributed by atoms with van der Waals surface area (Å²) in [5.74, 6) is 0.451. The van der Waals surface area contributed by atoms with Gasteiger partial charge in [0.2, 0.25) is 11.7 Å². The molecule has 0 aliphatic carbocycles. The summed E-state index contributed by atoms with van der Waals surface area (Å²) >= 11 is 1.72. The van der Waals surface area contributed by atoms with Gasteiger partial charge in [-0.25, -0.2) is 0 Å². The number of thioether (sulfide) groups is 1. The number of nitrogens with one attached hydrogen (secondary N) is 2. The van der Waals surface area contributed by atoms with Crippen LogP contribution in [-0.2, 0) is 11.2 Å². The van der Waals surface area contributed by atoms with Gasteiger partial charge in [0.05, 0.1) is 12.1 Å². The number of benzene rings is 2. The first-order valence-electron chi connectivity index (χ1n) is 10.2. The lowest BCUT2D eigenvalue weighted by molar-refractivity contribution is -0.115. The largest absolute Gasteiger partial charge is 0.325 e. The predicted molar refractivity (Wildman–Crippen MR) is 127 cm³/mol. The van der Waals surface area contributed by atoms with Crippen molar-refractivity contribution in [1.29, 1.82) is 0 Å². The maximum Gasteiger partial charge on any atom is 0.228 e. The Hall–Kier alpha value is -3.52. The van der Waals surface area contributed by atoms with E-state index in [0.717, 1.165) is 32.8 Å². The third-order valence-corrected chi connectivity index (χ3v) is 5.80. The molecule has 1 amide bonds. The highest BCUT2D eigenvalue weighted by molar-refractivity contribution is 8.00. The standard InChI is InChI=1S/C24H24N6OS/c1-24(2,3)32-21-9-8-17(18-6-4-5-7-19(18)23-27-29-30-28-23)15-20(21)26-22(31)14-16-10-12-25-13-11-16/h4-13,15H,14H2,1-3H3,(H,26,31)(H,27,28,29,30). The molecular weight excluding hydrogens is 420 g/mol. The molecule has 162 valence electrons. The summed E-state index contributed by atoms with van der Waals surface area (Å²) in [6.07, 6.45) is 3.67. The zero-order chi connectivity index (χ0) is 22.6. The molecule has 0 saturated carbocycles. The first kappa shape index (κ1) is 21.7. The lowest BCUT2D eigenvalue weighted by Crippen LogP contribution is -2.16. The van der Waals surface area contributed by atoms with E-state index >= 15 is 0 Å². The Morgan fingerprint density at radius 1 is 1.03 bits per heavy atom. The number of aromatic amines is 1. The van der Waals surface area contributed by atoms with Crippen molar-refractivity contribution in [3.05, 3.63) is 72.6 Å². The highest BCUT2D eigenvalue weighted by atomic mass is 32.2. The number of aromatic nitrogens is 5. The molecule has 4 rings (SSSR count). The Bertz CT molecular complexity index is 1200. The highest BCUT2D eigenvalue weighted by Gasteiger charge is 2.18. The van der Waals surface area contributed by atoms with E-state index in [1.807, 2.05) is 42.5 Å². The molecule has 2 N–H and O–H groups in total. The predicted octanol–water partition coefficient (Wildman–Crippen LogP) is 5.00. The maximum atomic E-state index is 12.8. The smallest absolute Gasteiger partial charge is 0.228 e. The highest BCUT2D eigenvalue weighted by Crippen LogP contribution is 2.40. The van der Waals surface area contributed by atoms with Crippen LogP contribution in [-0.4, -0.2) is 36.3 Å². The van der Waals surface area contributed by atoms with Gasteiger partial charge in [-0.1, -0.05) is 51.1 Å². The van der Waals surface area contributed by atoms with Crippen molar-refractivity contribution in [3.8, 4) is 22.5 Å². The van der Waals surface area contributed by atoms with E-state index in [1.165, 1.54) is 0 Å². The van der Waals surface area contributed by atoms with Crippen LogP contribution >= 0.6 is 11.8 Å². The SMILES string of the molecule is CC(C)(C)Sc1ccc(-c2ccccc2-c2nn[nH]n2)cc1NC(=O)Cc1ccncc1. The van der Waals surface area contributed by atoms with Crippen LogP contribution in [0, 0.1) is 0 Å². The van der Waals surface area contributed by atoms with Crippen LogP contribution in [0.1, 0.15) is 26.3 Å². The van der Waals surface area contributed by atoms with E-state index in [9.17, 15) is 4.79 Å². The molecule has 2 aromatic carbocycles. The molecule has 32 heavy (non-hydrogen) atoms. The van der Waals surface area contributed by atoms with Gasteiger partial charge in [0.15, 0.2) is 0 Å². The average Bonchev–Trinajstić information content (AvgIpc) is 3.29. The van der Waals surface area contributed by atoms with Gasteiger partial charge in [0.1, 0.15) is 0 Å². The Labute approximate surface area is 191 Å². The number of hydrogen-bond acceptors (Lipinski definition) is 6. The summed E-state index contributed by atoms with van der Waals surface area (Å²) in [7, 11) is 0. The van der Waals surface area contributed by atoms with E-state index in [1.54, 1.807) is 24.2 Å². The fourth-order valence-electron chi connectivity index (χ4n) is 3.30. The minimum atomic E-state index is -0.0736. The molecule has 0 atom stereocenters. The Morgan fingerprint density at radius 2 is 1.78 bits per heavy atom. The van der Waals surface area contributed by atoms with Gasteiger partial charge in [-0.3, -0.25) is 9.78 Å². The molecule has 0 spiro atoms. The van der Waals surface area contributed by atoms with E-state index in [2.05, 4.69) is 63.8 Å². The van der Waals surface area contributed by atoms with Crippen LogP contribution in [0.3, 0.4) is 0 Å². The summed E-state index contributed by atoms with van der Waals surface area (Å²) in [5, 5.41) is 17.6.